The van der Waals surface area contributed by atoms with Crippen molar-refractivity contribution in [2.45, 2.75) is 64.2 Å². The maximum Gasteiger partial charge on any atom is 0.309 e. The molecule has 4 nitrogen and oxygen atoms in total. The summed E-state index contributed by atoms with van der Waals surface area (Å²) < 4.78 is 4.64. The van der Waals surface area contributed by atoms with Crippen molar-refractivity contribution in [3.05, 3.63) is 12.7 Å². The summed E-state index contributed by atoms with van der Waals surface area (Å²) in [6.45, 7) is 3.70. The standard InChI is InChI=1S/C16H28O4/c1-3-4-5-6-7-8-9-10-11-12-14(13-15(17)18)16(19)20-2/h3,14H,1,4-13H2,2H3,(H,17,18). The van der Waals surface area contributed by atoms with Crippen LogP contribution in [0.4, 0.5) is 0 Å². The van der Waals surface area contributed by atoms with Gasteiger partial charge in [0.25, 0.3) is 0 Å². The van der Waals surface area contributed by atoms with Crippen molar-refractivity contribution in [2.75, 3.05) is 7.11 Å². The molecule has 0 rings (SSSR count). The number of rotatable bonds is 13. The van der Waals surface area contributed by atoms with Gasteiger partial charge in [-0.2, -0.15) is 0 Å². The Hall–Kier alpha value is -1.32. The number of hydrogen-bond donors (Lipinski definition) is 1. The van der Waals surface area contributed by atoms with Gasteiger partial charge in [0.1, 0.15) is 0 Å². The Kier molecular flexibility index (Phi) is 11.9. The summed E-state index contributed by atoms with van der Waals surface area (Å²) in [5, 5.41) is 8.76. The first-order valence-corrected chi connectivity index (χ1v) is 7.52. The highest BCUT2D eigenvalue weighted by molar-refractivity contribution is 5.78. The molecular formula is C16H28O4. The summed E-state index contributed by atoms with van der Waals surface area (Å²) in [4.78, 5) is 22.1. The first kappa shape index (κ1) is 18.7. The Morgan fingerprint density at radius 2 is 1.65 bits per heavy atom. The predicted octanol–water partition coefficient (Wildman–Crippen LogP) is 3.95. The average molecular weight is 284 g/mol. The van der Waals surface area contributed by atoms with E-state index in [1.807, 2.05) is 6.08 Å². The Balaban J connectivity index is 3.60. The molecule has 1 atom stereocenters. The van der Waals surface area contributed by atoms with Crippen LogP contribution in [0.1, 0.15) is 64.2 Å². The quantitative estimate of drug-likeness (QED) is 0.316. The van der Waals surface area contributed by atoms with Crippen molar-refractivity contribution in [1.82, 2.24) is 0 Å². The molecule has 1 unspecified atom stereocenters. The number of hydrogen-bond acceptors (Lipinski definition) is 3. The number of carbonyl (C=O) groups excluding carboxylic acids is 1. The third-order valence-corrected chi connectivity index (χ3v) is 3.42. The number of carbonyl (C=O) groups is 2. The van der Waals surface area contributed by atoms with Crippen LogP contribution >= 0.6 is 0 Å². The minimum absolute atomic E-state index is 0.131. The van der Waals surface area contributed by atoms with Crippen molar-refractivity contribution in [2.24, 2.45) is 5.92 Å². The second kappa shape index (κ2) is 12.7. The number of allylic oxidation sites excluding steroid dienone is 1. The molecule has 1 N–H and O–H groups in total. The minimum Gasteiger partial charge on any atom is -0.481 e. The van der Waals surface area contributed by atoms with E-state index in [0.717, 1.165) is 25.7 Å². The van der Waals surface area contributed by atoms with Crippen molar-refractivity contribution in [3.63, 3.8) is 0 Å². The SMILES string of the molecule is C=CCCCCCCCCCC(CC(=O)O)C(=O)OC. The molecule has 0 spiro atoms. The fraction of sp³-hybridized carbons (Fsp3) is 0.750. The highest BCUT2D eigenvalue weighted by Crippen LogP contribution is 2.17. The second-order valence-corrected chi connectivity index (χ2v) is 5.16. The van der Waals surface area contributed by atoms with E-state index in [-0.39, 0.29) is 6.42 Å². The van der Waals surface area contributed by atoms with Gasteiger partial charge in [-0.25, -0.2) is 0 Å². The summed E-state index contributed by atoms with van der Waals surface area (Å²) in [6, 6.07) is 0. The van der Waals surface area contributed by atoms with Crippen LogP contribution in [-0.4, -0.2) is 24.2 Å². The Labute approximate surface area is 122 Å². The van der Waals surface area contributed by atoms with Crippen molar-refractivity contribution in [3.8, 4) is 0 Å². The summed E-state index contributed by atoms with van der Waals surface area (Å²) in [7, 11) is 1.31. The lowest BCUT2D eigenvalue weighted by molar-refractivity contribution is -0.151. The number of carboxylic acid groups (broad SMARTS) is 1. The lowest BCUT2D eigenvalue weighted by Gasteiger charge is -2.11. The smallest absolute Gasteiger partial charge is 0.309 e. The first-order valence-electron chi connectivity index (χ1n) is 7.52. The van der Waals surface area contributed by atoms with Gasteiger partial charge in [-0.1, -0.05) is 44.6 Å². The molecule has 0 saturated carbocycles. The number of aliphatic carboxylic acids is 1. The summed E-state index contributed by atoms with van der Waals surface area (Å²) >= 11 is 0. The summed E-state index contributed by atoms with van der Waals surface area (Å²) in [5.74, 6) is -1.84. The average Bonchev–Trinajstić information content (AvgIpc) is 2.43. The molecule has 116 valence electrons. The van der Waals surface area contributed by atoms with E-state index < -0.39 is 17.9 Å². The van der Waals surface area contributed by atoms with Gasteiger partial charge >= 0.3 is 11.9 Å². The molecular weight excluding hydrogens is 256 g/mol. The maximum atomic E-state index is 11.4. The molecule has 0 heterocycles. The predicted molar refractivity (Wildman–Crippen MR) is 79.5 cm³/mol. The second-order valence-electron chi connectivity index (χ2n) is 5.16. The normalized spacial score (nSPS) is 11.8. The molecule has 0 aliphatic heterocycles. The third kappa shape index (κ3) is 10.6. The fourth-order valence-electron chi connectivity index (χ4n) is 2.24. The van der Waals surface area contributed by atoms with Gasteiger partial charge in [0, 0.05) is 0 Å². The molecule has 0 aromatic rings. The van der Waals surface area contributed by atoms with Gasteiger partial charge in [-0.15, -0.1) is 6.58 Å². The van der Waals surface area contributed by atoms with Crippen LogP contribution in [0.3, 0.4) is 0 Å². The zero-order chi connectivity index (χ0) is 15.2. The topological polar surface area (TPSA) is 63.6 Å². The molecule has 20 heavy (non-hydrogen) atoms. The molecule has 0 radical (unpaired) electrons. The van der Waals surface area contributed by atoms with Crippen LogP contribution in [0, 0.1) is 5.92 Å². The first-order chi connectivity index (χ1) is 9.61. The van der Waals surface area contributed by atoms with Gasteiger partial charge in [0.15, 0.2) is 0 Å². The van der Waals surface area contributed by atoms with Gasteiger partial charge in [0.05, 0.1) is 19.4 Å². The van der Waals surface area contributed by atoms with Crippen molar-refractivity contribution in [1.29, 1.82) is 0 Å². The lowest BCUT2D eigenvalue weighted by Crippen LogP contribution is -2.19. The molecule has 0 aliphatic carbocycles. The van der Waals surface area contributed by atoms with Gasteiger partial charge in [-0.3, -0.25) is 9.59 Å². The Bertz CT molecular complexity index is 286. The van der Waals surface area contributed by atoms with E-state index in [2.05, 4.69) is 11.3 Å². The largest absolute Gasteiger partial charge is 0.481 e. The summed E-state index contributed by atoms with van der Waals surface area (Å²) in [5.41, 5.74) is 0. The van der Waals surface area contributed by atoms with Crippen LogP contribution in [0.25, 0.3) is 0 Å². The van der Waals surface area contributed by atoms with Gasteiger partial charge in [0.2, 0.25) is 0 Å². The van der Waals surface area contributed by atoms with E-state index in [4.69, 9.17) is 5.11 Å². The highest BCUT2D eigenvalue weighted by Gasteiger charge is 2.21. The zero-order valence-corrected chi connectivity index (χ0v) is 12.6. The van der Waals surface area contributed by atoms with Crippen LogP contribution in [-0.2, 0) is 14.3 Å². The zero-order valence-electron chi connectivity index (χ0n) is 12.6. The number of ether oxygens (including phenoxy) is 1. The monoisotopic (exact) mass is 284 g/mol. The van der Waals surface area contributed by atoms with E-state index >= 15 is 0 Å². The highest BCUT2D eigenvalue weighted by atomic mass is 16.5. The lowest BCUT2D eigenvalue weighted by atomic mass is 9.97. The molecule has 0 fully saturated rings. The summed E-state index contributed by atoms with van der Waals surface area (Å²) in [6.07, 6.45) is 11.5. The third-order valence-electron chi connectivity index (χ3n) is 3.42. The van der Waals surface area contributed by atoms with E-state index in [1.54, 1.807) is 0 Å². The number of methoxy groups -OCH3 is 1. The van der Waals surface area contributed by atoms with Crippen molar-refractivity contribution >= 4 is 11.9 Å². The molecule has 0 saturated heterocycles. The molecule has 0 aromatic heterocycles. The molecule has 0 amide bonds. The Morgan fingerprint density at radius 3 is 2.15 bits per heavy atom. The molecule has 0 bridgehead atoms. The van der Waals surface area contributed by atoms with Crippen LogP contribution in [0.2, 0.25) is 0 Å². The van der Waals surface area contributed by atoms with E-state index in [1.165, 1.54) is 32.8 Å². The van der Waals surface area contributed by atoms with Crippen molar-refractivity contribution < 1.29 is 19.4 Å². The maximum absolute atomic E-state index is 11.4. The van der Waals surface area contributed by atoms with Crippen LogP contribution in [0.15, 0.2) is 12.7 Å². The van der Waals surface area contributed by atoms with E-state index in [9.17, 15) is 9.59 Å². The number of unbranched alkanes of at least 4 members (excludes halogenated alkanes) is 7. The van der Waals surface area contributed by atoms with Gasteiger partial charge < -0.3 is 9.84 Å². The molecule has 4 heteroatoms. The Morgan fingerprint density at radius 1 is 1.10 bits per heavy atom. The molecule has 0 aromatic carbocycles. The number of carboxylic acids is 1. The molecule has 0 aliphatic rings. The van der Waals surface area contributed by atoms with E-state index in [0.29, 0.717) is 6.42 Å². The van der Waals surface area contributed by atoms with Gasteiger partial charge in [-0.05, 0) is 19.3 Å². The fourth-order valence-corrected chi connectivity index (χ4v) is 2.24. The van der Waals surface area contributed by atoms with Crippen LogP contribution in [0.5, 0.6) is 0 Å². The van der Waals surface area contributed by atoms with Crippen LogP contribution < -0.4 is 0 Å². The number of esters is 1. The minimum atomic E-state index is -0.942.